The highest BCUT2D eigenvalue weighted by Crippen LogP contribution is 2.19. The van der Waals surface area contributed by atoms with Crippen molar-refractivity contribution in [1.82, 2.24) is 10.3 Å². The molecule has 0 spiro atoms. The number of rotatable bonds is 3. The number of aromatic nitrogens is 1. The lowest BCUT2D eigenvalue weighted by molar-refractivity contribution is 0.0923. The zero-order valence-electron chi connectivity index (χ0n) is 10.5. The minimum absolute atomic E-state index is 0.0555. The zero-order chi connectivity index (χ0) is 13.0. The quantitative estimate of drug-likeness (QED) is 0.866. The van der Waals surface area contributed by atoms with Crippen LogP contribution in [0.5, 0.6) is 0 Å². The first kappa shape index (κ1) is 12.8. The summed E-state index contributed by atoms with van der Waals surface area (Å²) in [5.74, 6) is -0.835. The minimum atomic E-state index is -0.590. The monoisotopic (exact) mass is 251 g/mol. The minimum Gasteiger partial charge on any atom is -0.371 e. The molecule has 2 rings (SSSR count). The molecule has 98 valence electrons. The van der Waals surface area contributed by atoms with Crippen molar-refractivity contribution in [3.8, 4) is 0 Å². The van der Waals surface area contributed by atoms with Crippen molar-refractivity contribution >= 4 is 11.7 Å². The van der Waals surface area contributed by atoms with E-state index in [9.17, 15) is 9.18 Å². The summed E-state index contributed by atoms with van der Waals surface area (Å²) >= 11 is 0. The maximum Gasteiger partial charge on any atom is 0.254 e. The molecule has 1 aliphatic rings. The first-order valence-electron chi connectivity index (χ1n) is 6.35. The number of amides is 1. The van der Waals surface area contributed by atoms with E-state index in [1.165, 1.54) is 18.7 Å². The van der Waals surface area contributed by atoms with E-state index in [0.29, 0.717) is 0 Å². The smallest absolute Gasteiger partial charge is 0.254 e. The molecule has 0 saturated heterocycles. The first-order valence-corrected chi connectivity index (χ1v) is 6.35. The van der Waals surface area contributed by atoms with Crippen molar-refractivity contribution in [3.63, 3.8) is 0 Å². The Bertz CT molecular complexity index is 430. The van der Waals surface area contributed by atoms with Crippen LogP contribution < -0.4 is 10.6 Å². The molecule has 1 heterocycles. The molecule has 18 heavy (non-hydrogen) atoms. The largest absolute Gasteiger partial charge is 0.371 e. The fourth-order valence-electron chi connectivity index (χ4n) is 2.30. The van der Waals surface area contributed by atoms with Crippen LogP contribution in [0, 0.1) is 5.82 Å². The summed E-state index contributed by atoms with van der Waals surface area (Å²) in [7, 11) is 1.58. The second-order valence-corrected chi connectivity index (χ2v) is 4.58. The normalized spacial score (nSPS) is 16.3. The van der Waals surface area contributed by atoms with Crippen LogP contribution in [0.3, 0.4) is 0 Å². The van der Waals surface area contributed by atoms with Gasteiger partial charge < -0.3 is 10.6 Å². The Kier molecular flexibility index (Phi) is 4.12. The van der Waals surface area contributed by atoms with Gasteiger partial charge in [-0.3, -0.25) is 4.79 Å². The van der Waals surface area contributed by atoms with Gasteiger partial charge in [-0.1, -0.05) is 19.3 Å². The number of halogens is 1. The Labute approximate surface area is 106 Å². The molecule has 0 unspecified atom stereocenters. The number of hydrogen-bond donors (Lipinski definition) is 2. The molecule has 1 aromatic rings. The van der Waals surface area contributed by atoms with Gasteiger partial charge in [0, 0.05) is 19.3 Å². The maximum absolute atomic E-state index is 13.9. The van der Waals surface area contributed by atoms with Gasteiger partial charge in [0.2, 0.25) is 0 Å². The van der Waals surface area contributed by atoms with Crippen LogP contribution in [0.4, 0.5) is 10.2 Å². The molecule has 0 aromatic carbocycles. The molecular weight excluding hydrogens is 233 g/mol. The van der Waals surface area contributed by atoms with Gasteiger partial charge in [0.25, 0.3) is 5.91 Å². The van der Waals surface area contributed by atoms with Gasteiger partial charge in [-0.2, -0.15) is 0 Å². The lowest BCUT2D eigenvalue weighted by atomic mass is 9.95. The van der Waals surface area contributed by atoms with Gasteiger partial charge in [-0.15, -0.1) is 0 Å². The van der Waals surface area contributed by atoms with E-state index in [2.05, 4.69) is 15.6 Å². The number of carbonyl (C=O) groups excluding carboxylic acids is 1. The molecule has 0 bridgehead atoms. The topological polar surface area (TPSA) is 54.0 Å². The number of pyridine rings is 1. The highest BCUT2D eigenvalue weighted by atomic mass is 19.1. The number of carbonyl (C=O) groups is 1. The second kappa shape index (κ2) is 5.80. The summed E-state index contributed by atoms with van der Waals surface area (Å²) in [4.78, 5) is 15.8. The zero-order valence-corrected chi connectivity index (χ0v) is 10.5. The second-order valence-electron chi connectivity index (χ2n) is 4.58. The molecule has 1 fully saturated rings. The van der Waals surface area contributed by atoms with Crippen molar-refractivity contribution in [1.29, 1.82) is 0 Å². The Balaban J connectivity index is 2.08. The molecule has 0 radical (unpaired) electrons. The van der Waals surface area contributed by atoms with E-state index in [1.807, 2.05) is 0 Å². The Hall–Kier alpha value is -1.65. The number of nitrogens with one attached hydrogen (secondary N) is 2. The van der Waals surface area contributed by atoms with Gasteiger partial charge in [-0.05, 0) is 18.9 Å². The SMILES string of the molecule is CNc1nccc(C(=O)NC2CCCCC2)c1F. The van der Waals surface area contributed by atoms with Crippen molar-refractivity contribution < 1.29 is 9.18 Å². The summed E-state index contributed by atoms with van der Waals surface area (Å²) in [5.41, 5.74) is 0.0555. The van der Waals surface area contributed by atoms with E-state index in [0.717, 1.165) is 25.7 Å². The first-order chi connectivity index (χ1) is 8.72. The highest BCUT2D eigenvalue weighted by molar-refractivity contribution is 5.95. The van der Waals surface area contributed by atoms with E-state index in [1.54, 1.807) is 7.05 Å². The van der Waals surface area contributed by atoms with Crippen molar-refractivity contribution in [2.24, 2.45) is 0 Å². The molecule has 0 aliphatic heterocycles. The van der Waals surface area contributed by atoms with Gasteiger partial charge >= 0.3 is 0 Å². The summed E-state index contributed by atoms with van der Waals surface area (Å²) in [6.45, 7) is 0. The molecule has 0 atom stereocenters. The van der Waals surface area contributed by atoms with E-state index in [4.69, 9.17) is 0 Å². The van der Waals surface area contributed by atoms with Crippen molar-refractivity contribution in [2.45, 2.75) is 38.1 Å². The Morgan fingerprint density at radius 2 is 2.11 bits per heavy atom. The number of hydrogen-bond acceptors (Lipinski definition) is 3. The average Bonchev–Trinajstić information content (AvgIpc) is 2.40. The van der Waals surface area contributed by atoms with Gasteiger partial charge in [-0.25, -0.2) is 9.37 Å². The third-order valence-corrected chi connectivity index (χ3v) is 3.31. The van der Waals surface area contributed by atoms with Crippen LogP contribution in [0.15, 0.2) is 12.3 Å². The Morgan fingerprint density at radius 1 is 1.39 bits per heavy atom. The van der Waals surface area contributed by atoms with Gasteiger partial charge in [0.1, 0.15) is 0 Å². The summed E-state index contributed by atoms with van der Waals surface area (Å²) in [6.07, 6.45) is 6.89. The van der Waals surface area contributed by atoms with Crippen LogP contribution >= 0.6 is 0 Å². The number of nitrogens with zero attached hydrogens (tertiary/aromatic N) is 1. The van der Waals surface area contributed by atoms with Crippen LogP contribution in [-0.2, 0) is 0 Å². The molecular formula is C13H18FN3O. The Morgan fingerprint density at radius 3 is 2.78 bits per heavy atom. The predicted octanol–water partition coefficient (Wildman–Crippen LogP) is 2.32. The predicted molar refractivity (Wildman–Crippen MR) is 68.1 cm³/mol. The standard InChI is InChI=1S/C13H18FN3O/c1-15-12-11(14)10(7-8-16-12)13(18)17-9-5-3-2-4-6-9/h7-9H,2-6H2,1H3,(H,15,16)(H,17,18). The van der Waals surface area contributed by atoms with E-state index < -0.39 is 5.82 Å². The molecule has 1 amide bonds. The van der Waals surface area contributed by atoms with Crippen LogP contribution in [0.1, 0.15) is 42.5 Å². The van der Waals surface area contributed by atoms with Crippen LogP contribution in [0.2, 0.25) is 0 Å². The molecule has 5 heteroatoms. The lowest BCUT2D eigenvalue weighted by Crippen LogP contribution is -2.36. The third-order valence-electron chi connectivity index (χ3n) is 3.31. The average molecular weight is 251 g/mol. The highest BCUT2D eigenvalue weighted by Gasteiger charge is 2.20. The van der Waals surface area contributed by atoms with Crippen LogP contribution in [0.25, 0.3) is 0 Å². The van der Waals surface area contributed by atoms with Gasteiger partial charge in [0.05, 0.1) is 5.56 Å². The fourth-order valence-corrected chi connectivity index (χ4v) is 2.30. The summed E-state index contributed by atoms with van der Waals surface area (Å²) in [6, 6.07) is 1.59. The summed E-state index contributed by atoms with van der Waals surface area (Å²) < 4.78 is 13.9. The lowest BCUT2D eigenvalue weighted by Gasteiger charge is -2.22. The molecule has 2 N–H and O–H groups in total. The molecule has 1 saturated carbocycles. The molecule has 4 nitrogen and oxygen atoms in total. The summed E-state index contributed by atoms with van der Waals surface area (Å²) in [5, 5.41) is 5.52. The third kappa shape index (κ3) is 2.78. The van der Waals surface area contributed by atoms with Crippen LogP contribution in [-0.4, -0.2) is 24.0 Å². The molecule has 1 aliphatic carbocycles. The van der Waals surface area contributed by atoms with Crippen molar-refractivity contribution in [2.75, 3.05) is 12.4 Å². The van der Waals surface area contributed by atoms with E-state index >= 15 is 0 Å². The number of anilines is 1. The molecule has 1 aromatic heterocycles. The van der Waals surface area contributed by atoms with Gasteiger partial charge in [0.15, 0.2) is 11.6 Å². The van der Waals surface area contributed by atoms with E-state index in [-0.39, 0.29) is 23.3 Å². The van der Waals surface area contributed by atoms with Crippen molar-refractivity contribution in [3.05, 3.63) is 23.6 Å². The fraction of sp³-hybridized carbons (Fsp3) is 0.538. The maximum atomic E-state index is 13.9.